The Morgan fingerprint density at radius 3 is 2.22 bits per heavy atom. The molecule has 0 saturated heterocycles. The summed E-state index contributed by atoms with van der Waals surface area (Å²) in [7, 11) is 1.86. The van der Waals surface area contributed by atoms with Gasteiger partial charge < -0.3 is 11.1 Å². The fraction of sp³-hybridized carbons (Fsp3) is 0.929. The largest absolute Gasteiger partial charge is 0.368 e. The van der Waals surface area contributed by atoms with Gasteiger partial charge in [-0.3, -0.25) is 9.69 Å². The van der Waals surface area contributed by atoms with Crippen molar-refractivity contribution in [1.29, 1.82) is 0 Å². The standard InChI is InChI=1S/C14H29N3O/c1-10(2)8-17(11(3)4)9-14(16-5,13(15)18)12-6-7-12/h10-12,16H,6-9H2,1-5H3,(H2,15,18). The highest BCUT2D eigenvalue weighted by atomic mass is 16.1. The van der Waals surface area contributed by atoms with Gasteiger partial charge in [-0.2, -0.15) is 0 Å². The summed E-state index contributed by atoms with van der Waals surface area (Å²) < 4.78 is 0. The first kappa shape index (κ1) is 15.4. The van der Waals surface area contributed by atoms with Gasteiger partial charge in [0.2, 0.25) is 5.91 Å². The summed E-state index contributed by atoms with van der Waals surface area (Å²) in [5, 5.41) is 3.22. The van der Waals surface area contributed by atoms with Crippen LogP contribution in [0.2, 0.25) is 0 Å². The predicted molar refractivity (Wildman–Crippen MR) is 75.3 cm³/mol. The Morgan fingerprint density at radius 1 is 1.39 bits per heavy atom. The maximum atomic E-state index is 11.9. The molecule has 0 spiro atoms. The van der Waals surface area contributed by atoms with Crippen LogP contribution in [-0.2, 0) is 4.79 Å². The Bertz CT molecular complexity index is 287. The lowest BCUT2D eigenvalue weighted by atomic mass is 9.90. The number of rotatable bonds is 8. The Labute approximate surface area is 111 Å². The van der Waals surface area contributed by atoms with Crippen LogP contribution in [0.3, 0.4) is 0 Å². The minimum absolute atomic E-state index is 0.207. The van der Waals surface area contributed by atoms with E-state index in [2.05, 4.69) is 37.9 Å². The third kappa shape index (κ3) is 3.45. The number of carbonyl (C=O) groups excluding carboxylic acids is 1. The van der Waals surface area contributed by atoms with E-state index >= 15 is 0 Å². The first-order valence-corrected chi connectivity index (χ1v) is 7.06. The second-order valence-corrected chi connectivity index (χ2v) is 6.28. The second kappa shape index (κ2) is 6.02. The monoisotopic (exact) mass is 255 g/mol. The van der Waals surface area contributed by atoms with Crippen molar-refractivity contribution in [2.75, 3.05) is 20.1 Å². The topological polar surface area (TPSA) is 58.4 Å². The second-order valence-electron chi connectivity index (χ2n) is 6.28. The predicted octanol–water partition coefficient (Wildman–Crippen LogP) is 1.21. The molecule has 1 unspecified atom stereocenters. The molecule has 0 aliphatic heterocycles. The Hall–Kier alpha value is -0.610. The highest BCUT2D eigenvalue weighted by molar-refractivity contribution is 5.86. The van der Waals surface area contributed by atoms with Crippen LogP contribution in [0.5, 0.6) is 0 Å². The zero-order valence-corrected chi connectivity index (χ0v) is 12.5. The number of primary amides is 1. The van der Waals surface area contributed by atoms with Crippen LogP contribution in [0, 0.1) is 11.8 Å². The molecule has 0 radical (unpaired) electrons. The molecule has 1 amide bonds. The van der Waals surface area contributed by atoms with Crippen molar-refractivity contribution in [3.63, 3.8) is 0 Å². The van der Waals surface area contributed by atoms with Crippen LogP contribution in [0.25, 0.3) is 0 Å². The fourth-order valence-electron chi connectivity index (χ4n) is 2.64. The van der Waals surface area contributed by atoms with E-state index in [9.17, 15) is 4.79 Å². The summed E-state index contributed by atoms with van der Waals surface area (Å²) in [4.78, 5) is 14.3. The average Bonchev–Trinajstić information content (AvgIpc) is 3.07. The molecule has 18 heavy (non-hydrogen) atoms. The smallest absolute Gasteiger partial charge is 0.239 e. The minimum atomic E-state index is -0.542. The van der Waals surface area contributed by atoms with Gasteiger partial charge in [0, 0.05) is 19.1 Å². The molecule has 1 atom stereocenters. The quantitative estimate of drug-likeness (QED) is 0.685. The average molecular weight is 255 g/mol. The van der Waals surface area contributed by atoms with Gasteiger partial charge in [0.25, 0.3) is 0 Å². The van der Waals surface area contributed by atoms with Crippen molar-refractivity contribution in [1.82, 2.24) is 10.2 Å². The van der Waals surface area contributed by atoms with E-state index in [1.54, 1.807) is 0 Å². The molecule has 4 nitrogen and oxygen atoms in total. The van der Waals surface area contributed by atoms with E-state index in [0.29, 0.717) is 17.9 Å². The van der Waals surface area contributed by atoms with Gasteiger partial charge in [-0.15, -0.1) is 0 Å². The van der Waals surface area contributed by atoms with Crippen molar-refractivity contribution in [3.05, 3.63) is 0 Å². The molecule has 0 aromatic carbocycles. The van der Waals surface area contributed by atoms with Gasteiger partial charge in [-0.25, -0.2) is 0 Å². The number of hydrogen-bond acceptors (Lipinski definition) is 3. The number of nitrogens with zero attached hydrogens (tertiary/aromatic N) is 1. The number of nitrogens with two attached hydrogens (primary N) is 1. The minimum Gasteiger partial charge on any atom is -0.368 e. The molecule has 1 rings (SSSR count). The maximum absolute atomic E-state index is 11.9. The van der Waals surface area contributed by atoms with Crippen LogP contribution in [0.15, 0.2) is 0 Å². The van der Waals surface area contributed by atoms with Gasteiger partial charge >= 0.3 is 0 Å². The van der Waals surface area contributed by atoms with Crippen LogP contribution in [0.4, 0.5) is 0 Å². The molecule has 1 fully saturated rings. The van der Waals surface area contributed by atoms with Crippen LogP contribution in [-0.4, -0.2) is 42.5 Å². The normalized spacial score (nSPS) is 19.6. The van der Waals surface area contributed by atoms with Crippen molar-refractivity contribution in [2.45, 2.75) is 52.1 Å². The zero-order valence-electron chi connectivity index (χ0n) is 12.5. The van der Waals surface area contributed by atoms with E-state index in [1.165, 1.54) is 0 Å². The van der Waals surface area contributed by atoms with E-state index in [1.807, 2.05) is 7.05 Å². The number of likely N-dealkylation sites (N-methyl/N-ethyl adjacent to an activating group) is 1. The summed E-state index contributed by atoms with van der Waals surface area (Å²) in [5.74, 6) is 0.796. The molecule has 1 saturated carbocycles. The van der Waals surface area contributed by atoms with Gasteiger partial charge in [0.1, 0.15) is 5.54 Å². The summed E-state index contributed by atoms with van der Waals surface area (Å²) in [5.41, 5.74) is 5.13. The Balaban J connectivity index is 2.82. The summed E-state index contributed by atoms with van der Waals surface area (Å²) in [6.07, 6.45) is 2.22. The first-order valence-electron chi connectivity index (χ1n) is 7.06. The van der Waals surface area contributed by atoms with Crippen molar-refractivity contribution >= 4 is 5.91 Å². The Kier molecular flexibility index (Phi) is 5.17. The summed E-state index contributed by atoms with van der Waals surface area (Å²) >= 11 is 0. The van der Waals surface area contributed by atoms with Crippen molar-refractivity contribution < 1.29 is 4.79 Å². The molecule has 0 aromatic heterocycles. The highest BCUT2D eigenvalue weighted by Gasteiger charge is 2.49. The zero-order chi connectivity index (χ0) is 13.9. The first-order chi connectivity index (χ1) is 8.33. The van der Waals surface area contributed by atoms with Gasteiger partial charge in [0.05, 0.1) is 0 Å². The number of hydrogen-bond donors (Lipinski definition) is 2. The Morgan fingerprint density at radius 2 is 1.94 bits per heavy atom. The SMILES string of the molecule is CNC(CN(CC(C)C)C(C)C)(C(N)=O)C1CC1. The fourth-order valence-corrected chi connectivity index (χ4v) is 2.64. The molecule has 0 heterocycles. The molecule has 0 aromatic rings. The van der Waals surface area contributed by atoms with Crippen LogP contribution < -0.4 is 11.1 Å². The molecule has 3 N–H and O–H groups in total. The third-order valence-corrected chi connectivity index (χ3v) is 3.94. The van der Waals surface area contributed by atoms with E-state index in [4.69, 9.17) is 5.73 Å². The molecule has 1 aliphatic carbocycles. The van der Waals surface area contributed by atoms with Crippen LogP contribution in [0.1, 0.15) is 40.5 Å². The van der Waals surface area contributed by atoms with Gasteiger partial charge in [0.15, 0.2) is 0 Å². The summed E-state index contributed by atoms with van der Waals surface area (Å²) in [6.45, 7) is 10.5. The lowest BCUT2D eigenvalue weighted by molar-refractivity contribution is -0.126. The maximum Gasteiger partial charge on any atom is 0.239 e. The van der Waals surface area contributed by atoms with Gasteiger partial charge in [-0.1, -0.05) is 13.8 Å². The highest BCUT2D eigenvalue weighted by Crippen LogP contribution is 2.40. The number of carbonyl (C=O) groups is 1. The molecule has 4 heteroatoms. The molecular weight excluding hydrogens is 226 g/mol. The molecule has 0 bridgehead atoms. The van der Waals surface area contributed by atoms with Crippen LogP contribution >= 0.6 is 0 Å². The number of nitrogens with one attached hydrogen (secondary N) is 1. The van der Waals surface area contributed by atoms with E-state index in [-0.39, 0.29) is 5.91 Å². The van der Waals surface area contributed by atoms with Crippen molar-refractivity contribution in [2.24, 2.45) is 17.6 Å². The third-order valence-electron chi connectivity index (χ3n) is 3.94. The molecule has 106 valence electrons. The lowest BCUT2D eigenvalue weighted by Crippen LogP contribution is -2.63. The van der Waals surface area contributed by atoms with E-state index in [0.717, 1.165) is 25.9 Å². The lowest BCUT2D eigenvalue weighted by Gasteiger charge is -2.39. The van der Waals surface area contributed by atoms with Gasteiger partial charge in [-0.05, 0) is 45.6 Å². The van der Waals surface area contributed by atoms with E-state index < -0.39 is 5.54 Å². The number of amides is 1. The van der Waals surface area contributed by atoms with Crippen molar-refractivity contribution in [3.8, 4) is 0 Å². The summed E-state index contributed by atoms with van der Waals surface area (Å²) in [6, 6.07) is 0.429. The molecular formula is C14H29N3O. The molecule has 1 aliphatic rings.